The summed E-state index contributed by atoms with van der Waals surface area (Å²) >= 11 is 1.62. The van der Waals surface area contributed by atoms with Crippen LogP contribution in [0.4, 0.5) is 10.5 Å². The molecule has 0 atom stereocenters. The number of amides is 1. The third-order valence-corrected chi connectivity index (χ3v) is 4.63. The number of pyridine rings is 1. The first-order valence-corrected chi connectivity index (χ1v) is 8.55. The second-order valence-electron chi connectivity index (χ2n) is 5.59. The fourth-order valence-corrected chi connectivity index (χ4v) is 3.28. The van der Waals surface area contributed by atoms with E-state index in [1.807, 2.05) is 49.6 Å². The van der Waals surface area contributed by atoms with Gasteiger partial charge in [0.15, 0.2) is 0 Å². The quantitative estimate of drug-likeness (QED) is 0.564. The molecule has 0 aliphatic rings. The van der Waals surface area contributed by atoms with Gasteiger partial charge in [-0.2, -0.15) is 4.40 Å². The monoisotopic (exact) mass is 351 g/mol. The molecule has 0 radical (unpaired) electrons. The van der Waals surface area contributed by atoms with Gasteiger partial charge in [-0.15, -0.1) is 16.3 Å². The van der Waals surface area contributed by atoms with Crippen LogP contribution in [0.1, 0.15) is 11.4 Å². The van der Waals surface area contributed by atoms with E-state index in [9.17, 15) is 4.79 Å². The standard InChI is InChI=1S/C17H14N6OS/c1-11-8-12(2)22-10-19-23(16(22)20-11)17(24)21-13-5-6-14(18-9-13)15-4-3-7-25-15/h3-10H,1-2H3/p+1. The van der Waals surface area contributed by atoms with E-state index in [1.54, 1.807) is 28.3 Å². The molecular weight excluding hydrogens is 336 g/mol. The summed E-state index contributed by atoms with van der Waals surface area (Å²) in [4.78, 5) is 22.4. The first kappa shape index (κ1) is 15.4. The minimum Gasteiger partial charge on any atom is -0.294 e. The van der Waals surface area contributed by atoms with E-state index >= 15 is 0 Å². The third-order valence-electron chi connectivity index (χ3n) is 3.74. The van der Waals surface area contributed by atoms with Gasteiger partial charge in [-0.25, -0.2) is 4.79 Å². The predicted octanol–water partition coefficient (Wildman–Crippen LogP) is 2.84. The molecule has 8 heteroatoms. The van der Waals surface area contributed by atoms with E-state index in [-0.39, 0.29) is 6.03 Å². The Kier molecular flexibility index (Phi) is 3.73. The number of rotatable bonds is 2. The summed E-state index contributed by atoms with van der Waals surface area (Å²) in [5.74, 6) is 0.471. The Morgan fingerprint density at radius 3 is 2.88 bits per heavy atom. The lowest BCUT2D eigenvalue weighted by Crippen LogP contribution is -2.28. The molecule has 0 aromatic carbocycles. The van der Waals surface area contributed by atoms with Gasteiger partial charge < -0.3 is 0 Å². The molecule has 0 fully saturated rings. The van der Waals surface area contributed by atoms with Crippen molar-refractivity contribution in [1.29, 1.82) is 0 Å². The van der Waals surface area contributed by atoms with Gasteiger partial charge in [-0.3, -0.25) is 10.3 Å². The number of carbonyl (C=O) groups excluding carboxylic acids is 1. The van der Waals surface area contributed by atoms with Crippen LogP contribution in [0.25, 0.3) is 16.3 Å². The molecule has 0 aliphatic carbocycles. The number of thiophene rings is 1. The maximum Gasteiger partial charge on any atom is 0.405 e. The second-order valence-corrected chi connectivity index (χ2v) is 6.54. The lowest BCUT2D eigenvalue weighted by Gasteiger charge is -2.03. The maximum absolute atomic E-state index is 12.5. The highest BCUT2D eigenvalue weighted by Gasteiger charge is 2.22. The lowest BCUT2D eigenvalue weighted by atomic mass is 10.3. The maximum atomic E-state index is 12.5. The van der Waals surface area contributed by atoms with Crippen molar-refractivity contribution in [1.82, 2.24) is 19.7 Å². The lowest BCUT2D eigenvalue weighted by molar-refractivity contribution is -0.522. The number of nitrogens with one attached hydrogen (secondary N) is 1. The van der Waals surface area contributed by atoms with Crippen LogP contribution in [0.2, 0.25) is 0 Å². The Bertz CT molecular complexity index is 1050. The Morgan fingerprint density at radius 1 is 1.28 bits per heavy atom. The van der Waals surface area contributed by atoms with Crippen LogP contribution in [-0.4, -0.2) is 25.8 Å². The molecule has 4 rings (SSSR count). The van der Waals surface area contributed by atoms with Crippen LogP contribution in [0.5, 0.6) is 0 Å². The number of aromatic nitrogens is 5. The van der Waals surface area contributed by atoms with Gasteiger partial charge in [-0.05, 0) is 42.1 Å². The van der Waals surface area contributed by atoms with Gasteiger partial charge >= 0.3 is 11.8 Å². The minimum absolute atomic E-state index is 0.384. The molecule has 0 saturated heterocycles. The molecular formula is C17H15N6OS+. The molecule has 0 saturated carbocycles. The smallest absolute Gasteiger partial charge is 0.294 e. The highest BCUT2D eigenvalue weighted by atomic mass is 32.1. The number of anilines is 1. The summed E-state index contributed by atoms with van der Waals surface area (Å²) in [6.45, 7) is 3.83. The average molecular weight is 351 g/mol. The number of fused-ring (bicyclic) bond motifs is 1. The molecule has 25 heavy (non-hydrogen) atoms. The van der Waals surface area contributed by atoms with Crippen molar-refractivity contribution in [3.05, 3.63) is 59.6 Å². The molecule has 0 bridgehead atoms. The number of aryl methyl sites for hydroxylation is 2. The number of carbonyl (C=O) groups is 1. The van der Waals surface area contributed by atoms with E-state index < -0.39 is 0 Å². The first-order chi connectivity index (χ1) is 12.1. The number of nitrogens with zero attached hydrogens (tertiary/aromatic N) is 5. The molecule has 4 aromatic heterocycles. The van der Waals surface area contributed by atoms with Crippen molar-refractivity contribution in [2.75, 3.05) is 5.32 Å². The Morgan fingerprint density at radius 2 is 2.16 bits per heavy atom. The third kappa shape index (κ3) is 2.87. The highest BCUT2D eigenvalue weighted by Crippen LogP contribution is 2.23. The van der Waals surface area contributed by atoms with Gasteiger partial charge in [0, 0.05) is 11.2 Å². The molecule has 0 spiro atoms. The van der Waals surface area contributed by atoms with Crippen LogP contribution in [-0.2, 0) is 0 Å². The summed E-state index contributed by atoms with van der Waals surface area (Å²) in [6, 6.07) is 9.24. The Labute approximate surface area is 147 Å². The van der Waals surface area contributed by atoms with Gasteiger partial charge in [-0.1, -0.05) is 6.07 Å². The van der Waals surface area contributed by atoms with Crippen molar-refractivity contribution < 1.29 is 9.20 Å². The number of hydrogen-bond acceptors (Lipinski definition) is 5. The van der Waals surface area contributed by atoms with Crippen molar-refractivity contribution in [3.8, 4) is 10.6 Å². The Balaban J connectivity index is 1.60. The van der Waals surface area contributed by atoms with E-state index in [1.165, 1.54) is 4.68 Å². The molecule has 124 valence electrons. The van der Waals surface area contributed by atoms with Crippen molar-refractivity contribution in [2.24, 2.45) is 0 Å². The highest BCUT2D eigenvalue weighted by molar-refractivity contribution is 7.13. The molecule has 1 N–H and O–H groups in total. The van der Waals surface area contributed by atoms with E-state index in [2.05, 4.69) is 20.4 Å². The molecule has 4 heterocycles. The van der Waals surface area contributed by atoms with Gasteiger partial charge in [0.2, 0.25) is 6.33 Å². The fourth-order valence-electron chi connectivity index (χ4n) is 2.58. The average Bonchev–Trinajstić information content (AvgIpc) is 3.25. The molecule has 1 amide bonds. The largest absolute Gasteiger partial charge is 0.405 e. The van der Waals surface area contributed by atoms with E-state index in [0.29, 0.717) is 11.5 Å². The van der Waals surface area contributed by atoms with Crippen LogP contribution < -0.4 is 9.72 Å². The van der Waals surface area contributed by atoms with E-state index in [4.69, 9.17) is 0 Å². The SMILES string of the molecule is Cc1cc(C)[n+]2cnn(C(=O)Nc3ccc(-c4cccs4)nc3)c2n1. The zero-order chi connectivity index (χ0) is 17.4. The van der Waals surface area contributed by atoms with E-state index in [0.717, 1.165) is 22.0 Å². The van der Waals surface area contributed by atoms with Gasteiger partial charge in [0.05, 0.1) is 28.1 Å². The minimum atomic E-state index is -0.384. The van der Waals surface area contributed by atoms with Crippen molar-refractivity contribution >= 4 is 28.8 Å². The van der Waals surface area contributed by atoms with Crippen molar-refractivity contribution in [2.45, 2.75) is 13.8 Å². The summed E-state index contributed by atoms with van der Waals surface area (Å²) in [6.07, 6.45) is 3.21. The van der Waals surface area contributed by atoms with Crippen LogP contribution in [0, 0.1) is 13.8 Å². The van der Waals surface area contributed by atoms with Crippen LogP contribution in [0.3, 0.4) is 0 Å². The van der Waals surface area contributed by atoms with Crippen molar-refractivity contribution in [3.63, 3.8) is 0 Å². The summed E-state index contributed by atoms with van der Waals surface area (Å²) in [7, 11) is 0. The summed E-state index contributed by atoms with van der Waals surface area (Å²) in [5, 5.41) is 8.94. The zero-order valence-corrected chi connectivity index (χ0v) is 14.5. The molecule has 0 aliphatic heterocycles. The van der Waals surface area contributed by atoms with Crippen LogP contribution in [0.15, 0.2) is 48.2 Å². The predicted molar refractivity (Wildman–Crippen MR) is 94.6 cm³/mol. The summed E-state index contributed by atoms with van der Waals surface area (Å²) in [5.41, 5.74) is 3.27. The molecule has 7 nitrogen and oxygen atoms in total. The zero-order valence-electron chi connectivity index (χ0n) is 13.7. The molecule has 4 aromatic rings. The normalized spacial score (nSPS) is 11.0. The second kappa shape index (κ2) is 6.06. The fraction of sp³-hybridized carbons (Fsp3) is 0.118. The number of hydrogen-bond donors (Lipinski definition) is 1. The molecule has 0 unspecified atom stereocenters. The van der Waals surface area contributed by atoms with Crippen LogP contribution >= 0.6 is 11.3 Å². The Hall–Kier alpha value is -3.13. The van der Waals surface area contributed by atoms with Gasteiger partial charge in [0.1, 0.15) is 5.69 Å². The van der Waals surface area contributed by atoms with Gasteiger partial charge in [0.25, 0.3) is 0 Å². The topological polar surface area (TPSA) is 76.8 Å². The first-order valence-electron chi connectivity index (χ1n) is 7.67. The summed E-state index contributed by atoms with van der Waals surface area (Å²) < 4.78 is 3.01.